The van der Waals surface area contributed by atoms with Gasteiger partial charge in [0.05, 0.1) is 17.7 Å². The van der Waals surface area contributed by atoms with Gasteiger partial charge in [0.2, 0.25) is 0 Å². The molecule has 0 spiro atoms. The molecule has 3 amide bonds. The summed E-state index contributed by atoms with van der Waals surface area (Å²) in [7, 11) is 1.45. The van der Waals surface area contributed by atoms with Crippen molar-refractivity contribution in [2.75, 3.05) is 13.7 Å². The second kappa shape index (κ2) is 8.87. The van der Waals surface area contributed by atoms with E-state index in [4.69, 9.17) is 26.2 Å². The number of rotatable bonds is 7. The standard InChI is InChI=1S/C21H19ClN2O6/c1-3-24-19(25)16(23-21(24)28)9-13-8-15(22)18(17(10-13)29-2)30-11-12-5-4-6-14(7-12)20(26)27/h4-10H,3,11H2,1-2H3,(H,23,28)(H,26,27). The second-order valence-electron chi connectivity index (χ2n) is 6.37. The first-order chi connectivity index (χ1) is 14.3. The first-order valence-corrected chi connectivity index (χ1v) is 9.39. The molecule has 0 aromatic heterocycles. The van der Waals surface area contributed by atoms with Crippen LogP contribution in [0.5, 0.6) is 11.5 Å². The largest absolute Gasteiger partial charge is 0.493 e. The molecule has 30 heavy (non-hydrogen) atoms. The van der Waals surface area contributed by atoms with Crippen LogP contribution < -0.4 is 14.8 Å². The lowest BCUT2D eigenvalue weighted by molar-refractivity contribution is -0.122. The van der Waals surface area contributed by atoms with Crippen molar-refractivity contribution in [3.8, 4) is 11.5 Å². The van der Waals surface area contributed by atoms with Gasteiger partial charge < -0.3 is 19.9 Å². The predicted molar refractivity (Wildman–Crippen MR) is 110 cm³/mol. The molecule has 0 atom stereocenters. The highest BCUT2D eigenvalue weighted by Crippen LogP contribution is 2.37. The third-order valence-electron chi connectivity index (χ3n) is 4.40. The van der Waals surface area contributed by atoms with Crippen LogP contribution in [0.2, 0.25) is 5.02 Å². The number of carbonyl (C=O) groups is 3. The summed E-state index contributed by atoms with van der Waals surface area (Å²) in [5, 5.41) is 11.9. The quantitative estimate of drug-likeness (QED) is 0.514. The van der Waals surface area contributed by atoms with E-state index in [2.05, 4.69) is 5.32 Å². The minimum atomic E-state index is -1.03. The van der Waals surface area contributed by atoms with E-state index in [9.17, 15) is 14.4 Å². The Hall–Kier alpha value is -3.52. The van der Waals surface area contributed by atoms with E-state index in [-0.39, 0.29) is 35.2 Å². The van der Waals surface area contributed by atoms with Crippen LogP contribution in [0.25, 0.3) is 6.08 Å². The molecule has 156 valence electrons. The summed E-state index contributed by atoms with van der Waals surface area (Å²) in [6.45, 7) is 2.05. The van der Waals surface area contributed by atoms with Gasteiger partial charge in [0.1, 0.15) is 12.3 Å². The van der Waals surface area contributed by atoms with E-state index in [1.54, 1.807) is 31.2 Å². The Morgan fingerprint density at radius 1 is 1.27 bits per heavy atom. The third-order valence-corrected chi connectivity index (χ3v) is 4.68. The zero-order valence-corrected chi connectivity index (χ0v) is 17.0. The Bertz CT molecular complexity index is 1050. The highest BCUT2D eigenvalue weighted by molar-refractivity contribution is 6.32. The number of carboxylic acid groups (broad SMARTS) is 1. The number of ether oxygens (including phenoxy) is 2. The number of likely N-dealkylation sites (N-methyl/N-ethyl adjacent to an activating group) is 1. The number of amides is 3. The van der Waals surface area contributed by atoms with Gasteiger partial charge >= 0.3 is 12.0 Å². The minimum Gasteiger partial charge on any atom is -0.493 e. The normalized spacial score (nSPS) is 14.8. The molecule has 1 aliphatic heterocycles. The molecule has 0 bridgehead atoms. The van der Waals surface area contributed by atoms with Crippen LogP contribution in [0.3, 0.4) is 0 Å². The van der Waals surface area contributed by atoms with Gasteiger partial charge in [-0.15, -0.1) is 0 Å². The molecule has 3 rings (SSSR count). The van der Waals surface area contributed by atoms with Crippen molar-refractivity contribution in [2.45, 2.75) is 13.5 Å². The van der Waals surface area contributed by atoms with Crippen molar-refractivity contribution in [3.05, 3.63) is 63.8 Å². The number of hydrogen-bond donors (Lipinski definition) is 2. The summed E-state index contributed by atoms with van der Waals surface area (Å²) in [5.41, 5.74) is 1.48. The van der Waals surface area contributed by atoms with Gasteiger partial charge in [0.25, 0.3) is 5.91 Å². The molecule has 2 aromatic carbocycles. The molecule has 2 aromatic rings. The van der Waals surface area contributed by atoms with Crippen LogP contribution in [0.1, 0.15) is 28.4 Å². The number of nitrogens with zero attached hydrogens (tertiary/aromatic N) is 1. The summed E-state index contributed by atoms with van der Waals surface area (Å²) in [6, 6.07) is 9.09. The first kappa shape index (κ1) is 21.2. The smallest absolute Gasteiger partial charge is 0.335 e. The van der Waals surface area contributed by atoms with E-state index in [0.29, 0.717) is 16.9 Å². The molecular formula is C21H19ClN2O6. The van der Waals surface area contributed by atoms with E-state index in [1.165, 1.54) is 25.3 Å². The average molecular weight is 431 g/mol. The van der Waals surface area contributed by atoms with E-state index < -0.39 is 17.9 Å². The predicted octanol–water partition coefficient (Wildman–Crippen LogP) is 3.54. The molecule has 0 saturated carbocycles. The molecule has 0 radical (unpaired) electrons. The minimum absolute atomic E-state index is 0.0810. The van der Waals surface area contributed by atoms with Gasteiger partial charge in [-0.3, -0.25) is 9.69 Å². The zero-order valence-electron chi connectivity index (χ0n) is 16.3. The first-order valence-electron chi connectivity index (χ1n) is 9.01. The number of carboxylic acids is 1. The molecule has 2 N–H and O–H groups in total. The van der Waals surface area contributed by atoms with Gasteiger partial charge in [-0.1, -0.05) is 23.7 Å². The molecule has 0 aliphatic carbocycles. The Kier molecular flexibility index (Phi) is 6.27. The highest BCUT2D eigenvalue weighted by Gasteiger charge is 2.32. The third kappa shape index (κ3) is 4.38. The van der Waals surface area contributed by atoms with Crippen molar-refractivity contribution in [1.82, 2.24) is 10.2 Å². The van der Waals surface area contributed by atoms with Crippen LogP contribution in [0.4, 0.5) is 4.79 Å². The number of nitrogens with one attached hydrogen (secondary N) is 1. The zero-order chi connectivity index (χ0) is 21.8. The number of carbonyl (C=O) groups excluding carboxylic acids is 2. The number of halogens is 1. The van der Waals surface area contributed by atoms with Crippen molar-refractivity contribution in [2.24, 2.45) is 0 Å². The fourth-order valence-corrected chi connectivity index (χ4v) is 3.21. The molecule has 1 heterocycles. The molecule has 9 heteroatoms. The van der Waals surface area contributed by atoms with Crippen molar-refractivity contribution in [3.63, 3.8) is 0 Å². The fourth-order valence-electron chi connectivity index (χ4n) is 2.94. The van der Waals surface area contributed by atoms with Gasteiger partial charge in [-0.05, 0) is 48.4 Å². The maximum Gasteiger partial charge on any atom is 0.335 e. The summed E-state index contributed by atoms with van der Waals surface area (Å²) in [6.07, 6.45) is 1.50. The lowest BCUT2D eigenvalue weighted by Crippen LogP contribution is -2.30. The topological polar surface area (TPSA) is 105 Å². The number of imide groups is 1. The Morgan fingerprint density at radius 3 is 2.67 bits per heavy atom. The number of urea groups is 1. The SMILES string of the molecule is CCN1C(=O)NC(=Cc2cc(Cl)c(OCc3cccc(C(=O)O)c3)c(OC)c2)C1=O. The summed E-state index contributed by atoms with van der Waals surface area (Å²) < 4.78 is 11.1. The number of aromatic carboxylic acids is 1. The Balaban J connectivity index is 1.84. The van der Waals surface area contributed by atoms with Crippen LogP contribution >= 0.6 is 11.6 Å². The molecule has 1 aliphatic rings. The number of hydrogen-bond acceptors (Lipinski definition) is 5. The highest BCUT2D eigenvalue weighted by atomic mass is 35.5. The number of methoxy groups -OCH3 is 1. The molecular weight excluding hydrogens is 412 g/mol. The van der Waals surface area contributed by atoms with Gasteiger partial charge in [0.15, 0.2) is 11.5 Å². The lowest BCUT2D eigenvalue weighted by Gasteiger charge is -2.14. The Morgan fingerprint density at radius 2 is 2.03 bits per heavy atom. The van der Waals surface area contributed by atoms with Crippen molar-refractivity contribution < 1.29 is 29.0 Å². The number of benzene rings is 2. The summed E-state index contributed by atoms with van der Waals surface area (Å²) in [4.78, 5) is 36.2. The van der Waals surface area contributed by atoms with Crippen LogP contribution in [0.15, 0.2) is 42.1 Å². The van der Waals surface area contributed by atoms with Crippen LogP contribution in [-0.4, -0.2) is 41.6 Å². The average Bonchev–Trinajstić information content (AvgIpc) is 2.99. The van der Waals surface area contributed by atoms with E-state index in [1.807, 2.05) is 0 Å². The molecule has 1 saturated heterocycles. The molecule has 0 unspecified atom stereocenters. The van der Waals surface area contributed by atoms with Crippen LogP contribution in [0, 0.1) is 0 Å². The Labute approximate surface area is 177 Å². The van der Waals surface area contributed by atoms with E-state index >= 15 is 0 Å². The lowest BCUT2D eigenvalue weighted by atomic mass is 10.1. The van der Waals surface area contributed by atoms with Crippen LogP contribution in [-0.2, 0) is 11.4 Å². The summed E-state index contributed by atoms with van der Waals surface area (Å²) in [5.74, 6) is -0.844. The summed E-state index contributed by atoms with van der Waals surface area (Å²) >= 11 is 6.36. The van der Waals surface area contributed by atoms with E-state index in [0.717, 1.165) is 4.90 Å². The van der Waals surface area contributed by atoms with Crippen molar-refractivity contribution >= 4 is 35.6 Å². The van der Waals surface area contributed by atoms with Gasteiger partial charge in [-0.25, -0.2) is 9.59 Å². The maximum absolute atomic E-state index is 12.2. The second-order valence-corrected chi connectivity index (χ2v) is 6.77. The van der Waals surface area contributed by atoms with Gasteiger partial charge in [0, 0.05) is 6.54 Å². The van der Waals surface area contributed by atoms with Crippen molar-refractivity contribution in [1.29, 1.82) is 0 Å². The van der Waals surface area contributed by atoms with Gasteiger partial charge in [-0.2, -0.15) is 0 Å². The molecule has 1 fully saturated rings. The maximum atomic E-state index is 12.2. The molecule has 8 nitrogen and oxygen atoms in total. The fraction of sp³-hybridized carbons (Fsp3) is 0.190. The monoisotopic (exact) mass is 430 g/mol.